The van der Waals surface area contributed by atoms with Crippen LogP contribution in [0.2, 0.25) is 0 Å². The van der Waals surface area contributed by atoms with Gasteiger partial charge in [-0.3, -0.25) is 14.5 Å². The first-order chi connectivity index (χ1) is 16.7. The predicted octanol–water partition coefficient (Wildman–Crippen LogP) is 6.49. The number of aromatic nitrogens is 1. The number of aryl methyl sites for hydroxylation is 1. The molecule has 4 aromatic rings. The molecule has 0 bridgehead atoms. The highest BCUT2D eigenvalue weighted by Crippen LogP contribution is 2.44. The van der Waals surface area contributed by atoms with Crippen LogP contribution in [0.4, 0.5) is 9.52 Å². The fourth-order valence-electron chi connectivity index (χ4n) is 4.26. The molecule has 1 aromatic heterocycles. The fraction of sp³-hybridized carbons (Fsp3) is 0.179. The van der Waals surface area contributed by atoms with Crippen molar-refractivity contribution in [1.29, 1.82) is 0 Å². The van der Waals surface area contributed by atoms with Crippen LogP contribution in [-0.4, -0.2) is 21.8 Å². The summed E-state index contributed by atoms with van der Waals surface area (Å²) in [5.74, 6) is -1.91. The lowest BCUT2D eigenvalue weighted by Gasteiger charge is -2.23. The molecule has 176 valence electrons. The number of carbonyl (C=O) groups excluding carboxylic acids is 2. The van der Waals surface area contributed by atoms with Gasteiger partial charge in [0.15, 0.2) is 5.13 Å². The standard InChI is InChI=1S/C28H23FN2O3S/c1-15(2)17-8-10-18(11-9-17)24-23(25(32)19-6-4-16(3)5-7-19)26(33)27(34)31(24)28-30-21-13-12-20(29)14-22(21)35-28/h4-15,24,32H,1-3H3. The van der Waals surface area contributed by atoms with E-state index in [0.29, 0.717) is 27.3 Å². The molecule has 5 nitrogen and oxygen atoms in total. The van der Waals surface area contributed by atoms with E-state index in [-0.39, 0.29) is 16.5 Å². The van der Waals surface area contributed by atoms with Crippen LogP contribution in [0.1, 0.15) is 48.1 Å². The Morgan fingerprint density at radius 3 is 2.37 bits per heavy atom. The maximum Gasteiger partial charge on any atom is 0.301 e. The van der Waals surface area contributed by atoms with Crippen LogP contribution in [0.5, 0.6) is 0 Å². The summed E-state index contributed by atoms with van der Waals surface area (Å²) in [7, 11) is 0. The van der Waals surface area contributed by atoms with E-state index in [4.69, 9.17) is 0 Å². The molecule has 35 heavy (non-hydrogen) atoms. The Labute approximate surface area is 206 Å². The van der Waals surface area contributed by atoms with E-state index in [1.807, 2.05) is 43.3 Å². The molecule has 0 spiro atoms. The third-order valence-electron chi connectivity index (χ3n) is 6.23. The Morgan fingerprint density at radius 2 is 1.71 bits per heavy atom. The SMILES string of the molecule is Cc1ccc(C(O)=C2C(=O)C(=O)N(c3nc4ccc(F)cc4s3)C2c2ccc(C(C)C)cc2)cc1. The van der Waals surface area contributed by atoms with Crippen molar-refractivity contribution in [3.8, 4) is 0 Å². The highest BCUT2D eigenvalue weighted by Gasteiger charge is 2.48. The zero-order valence-electron chi connectivity index (χ0n) is 19.4. The number of hydrogen-bond acceptors (Lipinski definition) is 5. The van der Waals surface area contributed by atoms with E-state index in [0.717, 1.165) is 22.5 Å². The summed E-state index contributed by atoms with van der Waals surface area (Å²) in [6.07, 6.45) is 0. The van der Waals surface area contributed by atoms with Crippen molar-refractivity contribution in [1.82, 2.24) is 4.98 Å². The molecule has 7 heteroatoms. The molecule has 5 rings (SSSR count). The summed E-state index contributed by atoms with van der Waals surface area (Å²) in [6, 6.07) is 18.1. The number of Topliss-reactive ketones (excluding diaryl/α,β-unsaturated/α-hetero) is 1. The third-order valence-corrected chi connectivity index (χ3v) is 7.25. The lowest BCUT2D eigenvalue weighted by Crippen LogP contribution is -2.29. The van der Waals surface area contributed by atoms with Crippen molar-refractivity contribution in [3.05, 3.63) is 100 Å². The molecular weight excluding hydrogens is 463 g/mol. The minimum absolute atomic E-state index is 0.00147. The maximum atomic E-state index is 13.8. The second kappa shape index (κ2) is 8.74. The minimum Gasteiger partial charge on any atom is -0.507 e. The first-order valence-corrected chi connectivity index (χ1v) is 12.1. The molecular formula is C28H23FN2O3S. The van der Waals surface area contributed by atoms with Gasteiger partial charge in [-0.05, 0) is 42.2 Å². The zero-order valence-corrected chi connectivity index (χ0v) is 20.3. The smallest absolute Gasteiger partial charge is 0.301 e. The van der Waals surface area contributed by atoms with Crippen molar-refractivity contribution in [2.24, 2.45) is 0 Å². The molecule has 0 radical (unpaired) electrons. The summed E-state index contributed by atoms with van der Waals surface area (Å²) >= 11 is 1.13. The van der Waals surface area contributed by atoms with Crippen LogP contribution in [0.25, 0.3) is 16.0 Å². The van der Waals surface area contributed by atoms with E-state index in [1.165, 1.54) is 17.0 Å². The molecule has 1 atom stereocenters. The van der Waals surface area contributed by atoms with Gasteiger partial charge < -0.3 is 5.11 Å². The maximum absolute atomic E-state index is 13.8. The quantitative estimate of drug-likeness (QED) is 0.203. The normalized spacial score (nSPS) is 17.6. The van der Waals surface area contributed by atoms with Crippen LogP contribution in [0.3, 0.4) is 0 Å². The number of rotatable bonds is 4. The van der Waals surface area contributed by atoms with Gasteiger partial charge >= 0.3 is 5.91 Å². The number of aliphatic hydroxyl groups is 1. The second-order valence-electron chi connectivity index (χ2n) is 8.96. The van der Waals surface area contributed by atoms with Crippen LogP contribution in [-0.2, 0) is 9.59 Å². The van der Waals surface area contributed by atoms with E-state index >= 15 is 0 Å². The topological polar surface area (TPSA) is 70.5 Å². The second-order valence-corrected chi connectivity index (χ2v) is 9.97. The van der Waals surface area contributed by atoms with Crippen molar-refractivity contribution in [2.45, 2.75) is 32.7 Å². The van der Waals surface area contributed by atoms with Gasteiger partial charge in [0, 0.05) is 5.56 Å². The van der Waals surface area contributed by atoms with Crippen LogP contribution in [0.15, 0.2) is 72.3 Å². The number of benzene rings is 3. The Kier molecular flexibility index (Phi) is 5.73. The van der Waals surface area contributed by atoms with Gasteiger partial charge in [0.05, 0.1) is 21.8 Å². The molecule has 0 aliphatic carbocycles. The summed E-state index contributed by atoms with van der Waals surface area (Å²) in [5, 5.41) is 11.5. The molecule has 1 amide bonds. The number of anilines is 1. The number of halogens is 1. The minimum atomic E-state index is -0.872. The lowest BCUT2D eigenvalue weighted by molar-refractivity contribution is -0.132. The highest BCUT2D eigenvalue weighted by molar-refractivity contribution is 7.22. The molecule has 1 saturated heterocycles. The number of aliphatic hydroxyl groups excluding tert-OH is 1. The van der Waals surface area contributed by atoms with Gasteiger partial charge in [-0.25, -0.2) is 9.37 Å². The van der Waals surface area contributed by atoms with E-state index in [9.17, 15) is 19.1 Å². The number of nitrogens with zero attached hydrogens (tertiary/aromatic N) is 2. The predicted molar refractivity (Wildman–Crippen MR) is 136 cm³/mol. The first-order valence-electron chi connectivity index (χ1n) is 11.3. The van der Waals surface area contributed by atoms with E-state index < -0.39 is 23.5 Å². The number of amides is 1. The van der Waals surface area contributed by atoms with Crippen LogP contribution < -0.4 is 4.90 Å². The molecule has 1 unspecified atom stereocenters. The highest BCUT2D eigenvalue weighted by atomic mass is 32.1. The third kappa shape index (κ3) is 4.02. The molecule has 3 aromatic carbocycles. The molecule has 1 fully saturated rings. The average molecular weight is 487 g/mol. The molecule has 0 saturated carbocycles. The number of hydrogen-bond donors (Lipinski definition) is 1. The van der Waals surface area contributed by atoms with Gasteiger partial charge in [-0.15, -0.1) is 0 Å². The number of fused-ring (bicyclic) bond motifs is 1. The Hall–Kier alpha value is -3.84. The number of thiazole rings is 1. The molecule has 2 heterocycles. The van der Waals surface area contributed by atoms with E-state index in [2.05, 4.69) is 18.8 Å². The molecule has 1 N–H and O–H groups in total. The van der Waals surface area contributed by atoms with Gasteiger partial charge in [0.2, 0.25) is 0 Å². The average Bonchev–Trinajstić information content (AvgIpc) is 3.37. The van der Waals surface area contributed by atoms with Gasteiger partial charge in [0.1, 0.15) is 11.6 Å². The summed E-state index contributed by atoms with van der Waals surface area (Å²) < 4.78 is 14.4. The fourth-order valence-corrected chi connectivity index (χ4v) is 5.28. The molecule has 1 aliphatic heterocycles. The van der Waals surface area contributed by atoms with Crippen molar-refractivity contribution in [3.63, 3.8) is 0 Å². The summed E-state index contributed by atoms with van der Waals surface area (Å²) in [5.41, 5.74) is 3.77. The van der Waals surface area contributed by atoms with Gasteiger partial charge in [-0.2, -0.15) is 0 Å². The summed E-state index contributed by atoms with van der Waals surface area (Å²) in [4.78, 5) is 32.5. The van der Waals surface area contributed by atoms with Crippen molar-refractivity contribution >= 4 is 44.1 Å². The number of carbonyl (C=O) groups is 2. The Morgan fingerprint density at radius 1 is 1.03 bits per heavy atom. The van der Waals surface area contributed by atoms with Crippen molar-refractivity contribution < 1.29 is 19.1 Å². The Bertz CT molecular complexity index is 1490. The van der Waals surface area contributed by atoms with E-state index in [1.54, 1.807) is 18.2 Å². The Balaban J connectivity index is 1.71. The monoisotopic (exact) mass is 486 g/mol. The first kappa shape index (κ1) is 22.9. The largest absolute Gasteiger partial charge is 0.507 e. The van der Waals surface area contributed by atoms with Crippen molar-refractivity contribution in [2.75, 3.05) is 4.90 Å². The zero-order chi connectivity index (χ0) is 24.9. The van der Waals surface area contributed by atoms with Crippen LogP contribution >= 0.6 is 11.3 Å². The van der Waals surface area contributed by atoms with Crippen LogP contribution in [0, 0.1) is 12.7 Å². The lowest BCUT2D eigenvalue weighted by atomic mass is 9.93. The van der Waals surface area contributed by atoms with Gasteiger partial charge in [0.25, 0.3) is 5.78 Å². The molecule has 1 aliphatic rings. The van der Waals surface area contributed by atoms with Gasteiger partial charge in [-0.1, -0.05) is 79.3 Å². The number of ketones is 1. The summed E-state index contributed by atoms with van der Waals surface area (Å²) in [6.45, 7) is 6.09.